The molecule has 6 nitrogen and oxygen atoms in total. The second-order valence-electron chi connectivity index (χ2n) is 5.99. The van der Waals surface area contributed by atoms with E-state index >= 15 is 0 Å². The van der Waals surface area contributed by atoms with E-state index in [1.54, 1.807) is 23.0 Å². The molecule has 4 rings (SSSR count). The SMILES string of the molecule is CCc1nnc(NC(=O)c2cn(-c3ccccc3)nc2-c2ccc(F)cc2)s1. The Hall–Kier alpha value is -3.39. The number of carbonyl (C=O) groups is 1. The number of amides is 1. The number of carbonyl (C=O) groups excluding carboxylic acids is 1. The summed E-state index contributed by atoms with van der Waals surface area (Å²) in [6.45, 7) is 1.97. The first-order chi connectivity index (χ1) is 13.6. The van der Waals surface area contributed by atoms with Gasteiger partial charge in [0.2, 0.25) is 5.13 Å². The molecule has 0 unspecified atom stereocenters. The van der Waals surface area contributed by atoms with Gasteiger partial charge >= 0.3 is 0 Å². The van der Waals surface area contributed by atoms with Crippen molar-refractivity contribution in [2.75, 3.05) is 5.32 Å². The normalized spacial score (nSPS) is 10.8. The lowest BCUT2D eigenvalue weighted by atomic mass is 10.1. The Bertz CT molecular complexity index is 1110. The largest absolute Gasteiger partial charge is 0.296 e. The van der Waals surface area contributed by atoms with E-state index in [-0.39, 0.29) is 11.7 Å². The Morgan fingerprint density at radius 1 is 1.11 bits per heavy atom. The fraction of sp³-hybridized carbons (Fsp3) is 0.100. The lowest BCUT2D eigenvalue weighted by molar-refractivity contribution is 0.102. The summed E-state index contributed by atoms with van der Waals surface area (Å²) in [4.78, 5) is 12.9. The number of nitrogens with zero attached hydrogens (tertiary/aromatic N) is 4. The van der Waals surface area contributed by atoms with Crippen LogP contribution in [0, 0.1) is 5.82 Å². The maximum absolute atomic E-state index is 13.3. The van der Waals surface area contributed by atoms with Crippen LogP contribution < -0.4 is 5.32 Å². The monoisotopic (exact) mass is 393 g/mol. The lowest BCUT2D eigenvalue weighted by Gasteiger charge is -2.02. The fourth-order valence-electron chi connectivity index (χ4n) is 2.69. The molecule has 140 valence electrons. The number of benzene rings is 2. The van der Waals surface area contributed by atoms with Crippen LogP contribution in [0.3, 0.4) is 0 Å². The van der Waals surface area contributed by atoms with Crippen LogP contribution in [0.4, 0.5) is 9.52 Å². The molecule has 28 heavy (non-hydrogen) atoms. The second-order valence-corrected chi connectivity index (χ2v) is 7.05. The van der Waals surface area contributed by atoms with E-state index in [0.29, 0.717) is 22.0 Å². The molecule has 0 saturated heterocycles. The second kappa shape index (κ2) is 7.69. The van der Waals surface area contributed by atoms with Gasteiger partial charge in [0.05, 0.1) is 11.3 Å². The molecule has 2 aromatic heterocycles. The van der Waals surface area contributed by atoms with Gasteiger partial charge in [-0.1, -0.05) is 36.5 Å². The van der Waals surface area contributed by atoms with E-state index in [2.05, 4.69) is 20.6 Å². The average molecular weight is 393 g/mol. The molecule has 0 bridgehead atoms. The zero-order valence-corrected chi connectivity index (χ0v) is 15.8. The number of aryl methyl sites for hydroxylation is 1. The molecule has 0 radical (unpaired) electrons. The van der Waals surface area contributed by atoms with Crippen molar-refractivity contribution >= 4 is 22.4 Å². The van der Waals surface area contributed by atoms with Crippen molar-refractivity contribution in [1.29, 1.82) is 0 Å². The Morgan fingerprint density at radius 3 is 2.54 bits per heavy atom. The van der Waals surface area contributed by atoms with Crippen LogP contribution >= 0.6 is 11.3 Å². The van der Waals surface area contributed by atoms with Gasteiger partial charge in [0.15, 0.2) is 0 Å². The zero-order valence-electron chi connectivity index (χ0n) is 15.0. The summed E-state index contributed by atoms with van der Waals surface area (Å²) in [5, 5.41) is 16.6. The minimum Gasteiger partial charge on any atom is -0.296 e. The summed E-state index contributed by atoms with van der Waals surface area (Å²) in [7, 11) is 0. The van der Waals surface area contributed by atoms with Crippen LogP contribution in [-0.4, -0.2) is 25.9 Å². The molecule has 0 aliphatic carbocycles. The number of hydrogen-bond donors (Lipinski definition) is 1. The number of aromatic nitrogens is 4. The number of anilines is 1. The molecule has 0 fully saturated rings. The Balaban J connectivity index is 1.74. The lowest BCUT2D eigenvalue weighted by Crippen LogP contribution is -2.12. The standard InChI is InChI=1S/C20H16FN5OS/c1-2-17-23-24-20(28-17)22-19(27)16-12-26(15-6-4-3-5-7-15)25-18(16)13-8-10-14(21)11-9-13/h3-12H,2H2,1H3,(H,22,24,27). The molecule has 0 aliphatic heterocycles. The third-order valence-electron chi connectivity index (χ3n) is 4.09. The highest BCUT2D eigenvalue weighted by Gasteiger charge is 2.20. The predicted octanol–water partition coefficient (Wildman–Crippen LogP) is 4.34. The van der Waals surface area contributed by atoms with Gasteiger partial charge < -0.3 is 0 Å². The highest BCUT2D eigenvalue weighted by atomic mass is 32.1. The van der Waals surface area contributed by atoms with Gasteiger partial charge in [-0.3, -0.25) is 10.1 Å². The summed E-state index contributed by atoms with van der Waals surface area (Å²) in [5.41, 5.74) is 2.28. The number of rotatable bonds is 5. The molecule has 0 saturated carbocycles. The Labute approximate surface area is 164 Å². The fourth-order valence-corrected chi connectivity index (χ4v) is 3.36. The van der Waals surface area contributed by atoms with Gasteiger partial charge in [-0.15, -0.1) is 10.2 Å². The van der Waals surface area contributed by atoms with Crippen molar-refractivity contribution in [2.24, 2.45) is 0 Å². The van der Waals surface area contributed by atoms with E-state index in [4.69, 9.17) is 0 Å². The summed E-state index contributed by atoms with van der Waals surface area (Å²) < 4.78 is 15.0. The molecule has 0 spiro atoms. The van der Waals surface area contributed by atoms with Crippen molar-refractivity contribution in [3.05, 3.63) is 77.2 Å². The highest BCUT2D eigenvalue weighted by molar-refractivity contribution is 7.15. The van der Waals surface area contributed by atoms with Gasteiger partial charge in [0, 0.05) is 11.8 Å². The van der Waals surface area contributed by atoms with Gasteiger partial charge in [-0.25, -0.2) is 9.07 Å². The molecule has 8 heteroatoms. The summed E-state index contributed by atoms with van der Waals surface area (Å²) in [6, 6.07) is 15.4. The number of nitrogens with one attached hydrogen (secondary N) is 1. The first kappa shape index (κ1) is 18.0. The van der Waals surface area contributed by atoms with Crippen LogP contribution in [0.25, 0.3) is 16.9 Å². The molecular weight excluding hydrogens is 377 g/mol. The van der Waals surface area contributed by atoms with E-state index < -0.39 is 0 Å². The first-order valence-electron chi connectivity index (χ1n) is 8.69. The number of halogens is 1. The topological polar surface area (TPSA) is 72.7 Å². The van der Waals surface area contributed by atoms with Crippen molar-refractivity contribution in [1.82, 2.24) is 20.0 Å². The van der Waals surface area contributed by atoms with Gasteiger partial charge in [-0.2, -0.15) is 5.10 Å². The Morgan fingerprint density at radius 2 is 1.86 bits per heavy atom. The maximum atomic E-state index is 13.3. The minimum atomic E-state index is -0.349. The quantitative estimate of drug-likeness (QED) is 0.547. The molecule has 0 atom stereocenters. The molecule has 1 N–H and O–H groups in total. The van der Waals surface area contributed by atoms with Gasteiger partial charge in [0.1, 0.15) is 16.5 Å². The van der Waals surface area contributed by atoms with Crippen LogP contribution in [0.15, 0.2) is 60.8 Å². The van der Waals surface area contributed by atoms with Crippen LogP contribution in [-0.2, 0) is 6.42 Å². The van der Waals surface area contributed by atoms with Crippen LogP contribution in [0.2, 0.25) is 0 Å². The van der Waals surface area contributed by atoms with Crippen molar-refractivity contribution in [3.8, 4) is 16.9 Å². The average Bonchev–Trinajstić information content (AvgIpc) is 3.36. The Kier molecular flexibility index (Phi) is 4.94. The minimum absolute atomic E-state index is 0.347. The summed E-state index contributed by atoms with van der Waals surface area (Å²) in [5.74, 6) is -0.696. The summed E-state index contributed by atoms with van der Waals surface area (Å²) in [6.07, 6.45) is 2.41. The molecule has 0 aliphatic rings. The van der Waals surface area contributed by atoms with E-state index in [0.717, 1.165) is 17.1 Å². The smallest absolute Gasteiger partial charge is 0.261 e. The summed E-state index contributed by atoms with van der Waals surface area (Å²) >= 11 is 1.33. The van der Waals surface area contributed by atoms with Crippen molar-refractivity contribution in [2.45, 2.75) is 13.3 Å². The number of hydrogen-bond acceptors (Lipinski definition) is 5. The van der Waals surface area contributed by atoms with Crippen molar-refractivity contribution < 1.29 is 9.18 Å². The van der Waals surface area contributed by atoms with E-state index in [1.165, 1.54) is 23.5 Å². The van der Waals surface area contributed by atoms with Gasteiger partial charge in [-0.05, 0) is 42.8 Å². The third kappa shape index (κ3) is 3.67. The van der Waals surface area contributed by atoms with Crippen molar-refractivity contribution in [3.63, 3.8) is 0 Å². The first-order valence-corrected chi connectivity index (χ1v) is 9.50. The zero-order chi connectivity index (χ0) is 19.5. The number of para-hydroxylation sites is 1. The van der Waals surface area contributed by atoms with Crippen LogP contribution in [0.5, 0.6) is 0 Å². The highest BCUT2D eigenvalue weighted by Crippen LogP contribution is 2.25. The molecule has 1 amide bonds. The maximum Gasteiger partial charge on any atom is 0.261 e. The molecule has 4 aromatic rings. The van der Waals surface area contributed by atoms with E-state index in [9.17, 15) is 9.18 Å². The third-order valence-corrected chi connectivity index (χ3v) is 5.07. The van der Waals surface area contributed by atoms with E-state index in [1.807, 2.05) is 37.3 Å². The molecule has 2 heterocycles. The van der Waals surface area contributed by atoms with Crippen LogP contribution in [0.1, 0.15) is 22.3 Å². The molecular formula is C20H16FN5OS. The predicted molar refractivity (Wildman–Crippen MR) is 106 cm³/mol. The molecule has 2 aromatic carbocycles. The van der Waals surface area contributed by atoms with Gasteiger partial charge in [0.25, 0.3) is 5.91 Å².